The van der Waals surface area contributed by atoms with Gasteiger partial charge in [0.15, 0.2) is 5.13 Å². The van der Waals surface area contributed by atoms with Crippen molar-refractivity contribution in [3.8, 4) is 0 Å². The summed E-state index contributed by atoms with van der Waals surface area (Å²) in [6.07, 6.45) is 1.63. The van der Waals surface area contributed by atoms with E-state index in [9.17, 15) is 14.4 Å². The Morgan fingerprint density at radius 2 is 1.54 bits per heavy atom. The van der Waals surface area contributed by atoms with Crippen molar-refractivity contribution in [1.29, 1.82) is 0 Å². The predicted octanol–water partition coefficient (Wildman–Crippen LogP) is 9.25. The van der Waals surface area contributed by atoms with Gasteiger partial charge in [0.2, 0.25) is 5.91 Å². The SMILES string of the molecule is Cc1ccc2nc(NC(=O)C(Sc3ccc(NC(=O)/C(=C/c4cccc(Br)c4)NC(=O)c4ccccc4)cc3)c3ccccc3)sc2c1. The number of thioether (sulfide) groups is 1. The first-order valence-electron chi connectivity index (χ1n) is 15.0. The number of thiazole rings is 1. The highest BCUT2D eigenvalue weighted by molar-refractivity contribution is 9.10. The number of nitrogens with one attached hydrogen (secondary N) is 3. The molecule has 3 amide bonds. The van der Waals surface area contributed by atoms with Gasteiger partial charge in [0, 0.05) is 20.6 Å². The fraction of sp³-hybridized carbons (Fsp3) is 0.0526. The van der Waals surface area contributed by atoms with E-state index in [2.05, 4.69) is 42.9 Å². The third kappa shape index (κ3) is 8.46. The van der Waals surface area contributed by atoms with Gasteiger partial charge in [-0.3, -0.25) is 14.4 Å². The van der Waals surface area contributed by atoms with E-state index in [1.165, 1.54) is 23.1 Å². The maximum absolute atomic E-state index is 13.6. The molecule has 0 aliphatic rings. The Labute approximate surface area is 294 Å². The Kier molecular flexibility index (Phi) is 10.4. The molecule has 0 spiro atoms. The molecule has 0 saturated heterocycles. The van der Waals surface area contributed by atoms with Crippen molar-refractivity contribution in [2.24, 2.45) is 0 Å². The van der Waals surface area contributed by atoms with Crippen molar-refractivity contribution in [3.63, 3.8) is 0 Å². The van der Waals surface area contributed by atoms with Crippen LogP contribution in [0, 0.1) is 6.92 Å². The van der Waals surface area contributed by atoms with Gasteiger partial charge >= 0.3 is 0 Å². The van der Waals surface area contributed by atoms with Crippen LogP contribution in [0.25, 0.3) is 16.3 Å². The molecule has 6 aromatic rings. The molecule has 3 N–H and O–H groups in total. The Bertz CT molecular complexity index is 2120. The van der Waals surface area contributed by atoms with Crippen LogP contribution in [0.15, 0.2) is 142 Å². The van der Waals surface area contributed by atoms with Gasteiger partial charge < -0.3 is 16.0 Å². The first kappa shape index (κ1) is 32.9. The molecule has 10 heteroatoms. The molecule has 0 saturated carbocycles. The highest BCUT2D eigenvalue weighted by Crippen LogP contribution is 2.37. The zero-order chi connectivity index (χ0) is 33.5. The molecule has 0 fully saturated rings. The monoisotopic (exact) mass is 732 g/mol. The lowest BCUT2D eigenvalue weighted by molar-refractivity contribution is -0.116. The van der Waals surface area contributed by atoms with E-state index in [0.29, 0.717) is 16.4 Å². The lowest BCUT2D eigenvalue weighted by Crippen LogP contribution is -2.30. The summed E-state index contributed by atoms with van der Waals surface area (Å²) in [5.41, 5.74) is 4.62. The standard InChI is InChI=1S/C38H29BrN4O3S2/c1-24-15-20-31-33(21-24)48-38(42-31)43-37(46)34(26-10-4-2-5-11-26)47-30-18-16-29(17-19-30)40-36(45)32(23-25-9-8-14-28(39)22-25)41-35(44)27-12-6-3-7-13-27/h2-23,34H,1H3,(H,40,45)(H,41,44)(H,42,43,46)/b32-23-. The molecule has 1 heterocycles. The van der Waals surface area contributed by atoms with Crippen molar-refractivity contribution < 1.29 is 14.4 Å². The van der Waals surface area contributed by atoms with E-state index in [1.54, 1.807) is 42.5 Å². The van der Waals surface area contributed by atoms with Crippen LogP contribution < -0.4 is 16.0 Å². The van der Waals surface area contributed by atoms with Crippen molar-refractivity contribution in [2.75, 3.05) is 10.6 Å². The lowest BCUT2D eigenvalue weighted by atomic mass is 10.1. The molecule has 1 atom stereocenters. The third-order valence-corrected chi connectivity index (χ3v) is 9.86. The number of hydrogen-bond donors (Lipinski definition) is 3. The number of fused-ring (bicyclic) bond motifs is 1. The molecule has 238 valence electrons. The molecule has 6 rings (SSSR count). The number of hydrogen-bond acceptors (Lipinski definition) is 6. The summed E-state index contributed by atoms with van der Waals surface area (Å²) in [5, 5.41) is 8.67. The van der Waals surface area contributed by atoms with Crippen LogP contribution in [-0.2, 0) is 9.59 Å². The quantitative estimate of drug-likeness (QED) is 0.0963. The summed E-state index contributed by atoms with van der Waals surface area (Å²) >= 11 is 6.30. The minimum atomic E-state index is -0.548. The number of anilines is 2. The second kappa shape index (κ2) is 15.2. The van der Waals surface area contributed by atoms with E-state index in [-0.39, 0.29) is 11.6 Å². The summed E-state index contributed by atoms with van der Waals surface area (Å²) in [4.78, 5) is 45.6. The van der Waals surface area contributed by atoms with Gasteiger partial charge in [-0.2, -0.15) is 0 Å². The number of benzene rings is 5. The summed E-state index contributed by atoms with van der Waals surface area (Å²) in [5.74, 6) is -1.06. The Hall–Kier alpha value is -5.03. The lowest BCUT2D eigenvalue weighted by Gasteiger charge is -2.16. The normalized spacial score (nSPS) is 11.9. The van der Waals surface area contributed by atoms with E-state index in [0.717, 1.165) is 36.3 Å². The van der Waals surface area contributed by atoms with Gasteiger partial charge in [0.05, 0.1) is 10.2 Å². The van der Waals surface area contributed by atoms with Crippen LogP contribution in [0.5, 0.6) is 0 Å². The first-order chi connectivity index (χ1) is 23.3. The average molecular weight is 734 g/mol. The number of aromatic nitrogens is 1. The molecular formula is C38H29BrN4O3S2. The maximum atomic E-state index is 13.6. The van der Waals surface area contributed by atoms with Gasteiger partial charge in [-0.1, -0.05) is 94.0 Å². The molecule has 1 unspecified atom stereocenters. The fourth-order valence-electron chi connectivity index (χ4n) is 4.81. The van der Waals surface area contributed by atoms with Crippen LogP contribution >= 0.6 is 39.0 Å². The van der Waals surface area contributed by atoms with E-state index < -0.39 is 17.1 Å². The number of aryl methyl sites for hydroxylation is 1. The van der Waals surface area contributed by atoms with Gasteiger partial charge in [-0.05, 0) is 90.4 Å². The number of halogens is 1. The minimum absolute atomic E-state index is 0.0891. The average Bonchev–Trinajstić information content (AvgIpc) is 3.49. The van der Waals surface area contributed by atoms with Crippen molar-refractivity contribution in [2.45, 2.75) is 17.1 Å². The van der Waals surface area contributed by atoms with Crippen molar-refractivity contribution in [1.82, 2.24) is 10.3 Å². The number of nitrogens with zero attached hydrogens (tertiary/aromatic N) is 1. The maximum Gasteiger partial charge on any atom is 0.272 e. The zero-order valence-corrected chi connectivity index (χ0v) is 28.9. The first-order valence-corrected chi connectivity index (χ1v) is 17.4. The zero-order valence-electron chi connectivity index (χ0n) is 25.6. The topological polar surface area (TPSA) is 100 Å². The molecule has 0 radical (unpaired) electrons. The Morgan fingerprint density at radius 3 is 2.27 bits per heavy atom. The molecular weight excluding hydrogens is 704 g/mol. The number of carbonyl (C=O) groups excluding carboxylic acids is 3. The van der Waals surface area contributed by atoms with Gasteiger partial charge in [-0.15, -0.1) is 11.8 Å². The summed E-state index contributed by atoms with van der Waals surface area (Å²) in [6.45, 7) is 2.03. The number of rotatable bonds is 10. The van der Waals surface area contributed by atoms with Crippen LogP contribution in [0.1, 0.15) is 32.3 Å². The fourth-order valence-corrected chi connectivity index (χ4v) is 7.22. The molecule has 7 nitrogen and oxygen atoms in total. The van der Waals surface area contributed by atoms with Crippen LogP contribution in [-0.4, -0.2) is 22.7 Å². The van der Waals surface area contributed by atoms with Crippen molar-refractivity contribution in [3.05, 3.63) is 160 Å². The molecule has 5 aromatic carbocycles. The second-order valence-corrected chi connectivity index (χ2v) is 13.9. The molecule has 0 aliphatic carbocycles. The Morgan fingerprint density at radius 1 is 0.812 bits per heavy atom. The third-order valence-electron chi connectivity index (χ3n) is 7.17. The van der Waals surface area contributed by atoms with E-state index in [4.69, 9.17) is 0 Å². The van der Waals surface area contributed by atoms with Crippen LogP contribution in [0.4, 0.5) is 10.8 Å². The number of carbonyl (C=O) groups is 3. The Balaban J connectivity index is 1.18. The molecule has 0 aliphatic heterocycles. The predicted molar refractivity (Wildman–Crippen MR) is 199 cm³/mol. The highest BCUT2D eigenvalue weighted by Gasteiger charge is 2.24. The second-order valence-electron chi connectivity index (χ2n) is 10.8. The number of amides is 3. The minimum Gasteiger partial charge on any atom is -0.321 e. The van der Waals surface area contributed by atoms with Gasteiger partial charge in [0.1, 0.15) is 10.9 Å². The molecule has 0 bridgehead atoms. The summed E-state index contributed by atoms with van der Waals surface area (Å²) in [6, 6.07) is 39.0. The highest BCUT2D eigenvalue weighted by atomic mass is 79.9. The smallest absolute Gasteiger partial charge is 0.272 e. The molecule has 1 aromatic heterocycles. The van der Waals surface area contributed by atoms with Gasteiger partial charge in [-0.25, -0.2) is 4.98 Å². The van der Waals surface area contributed by atoms with Gasteiger partial charge in [0.25, 0.3) is 11.8 Å². The van der Waals surface area contributed by atoms with E-state index >= 15 is 0 Å². The van der Waals surface area contributed by atoms with Crippen LogP contribution in [0.2, 0.25) is 0 Å². The largest absolute Gasteiger partial charge is 0.321 e. The molecule has 48 heavy (non-hydrogen) atoms. The van der Waals surface area contributed by atoms with Crippen LogP contribution in [0.3, 0.4) is 0 Å². The summed E-state index contributed by atoms with van der Waals surface area (Å²) < 4.78 is 1.86. The van der Waals surface area contributed by atoms with Crippen molar-refractivity contribution >= 4 is 83.9 Å². The summed E-state index contributed by atoms with van der Waals surface area (Å²) in [7, 11) is 0. The van der Waals surface area contributed by atoms with E-state index in [1.807, 2.05) is 91.9 Å².